The summed E-state index contributed by atoms with van der Waals surface area (Å²) >= 11 is 5.61. The van der Waals surface area contributed by atoms with Crippen molar-refractivity contribution in [3.05, 3.63) is 12.7 Å². The van der Waals surface area contributed by atoms with Gasteiger partial charge in [0.15, 0.2) is 0 Å². The van der Waals surface area contributed by atoms with E-state index in [4.69, 9.17) is 16.7 Å². The summed E-state index contributed by atoms with van der Waals surface area (Å²) in [5.74, 6) is 5.74. The third-order valence-electron chi connectivity index (χ3n) is 2.90. The lowest BCUT2D eigenvalue weighted by atomic mass is 10.1. The van der Waals surface area contributed by atoms with Gasteiger partial charge in [-0.3, -0.25) is 4.79 Å². The quantitative estimate of drug-likeness (QED) is 0.260. The Kier molecular flexibility index (Phi) is 12.8. The van der Waals surface area contributed by atoms with E-state index in [0.29, 0.717) is 0 Å². The number of halogens is 1. The van der Waals surface area contributed by atoms with E-state index in [2.05, 4.69) is 18.4 Å². The predicted octanol–water partition coefficient (Wildman–Crippen LogP) is 4.63. The van der Waals surface area contributed by atoms with Crippen molar-refractivity contribution in [1.29, 1.82) is 0 Å². The zero-order valence-electron chi connectivity index (χ0n) is 11.7. The van der Waals surface area contributed by atoms with Gasteiger partial charge in [0.05, 0.1) is 6.42 Å². The van der Waals surface area contributed by atoms with Gasteiger partial charge >= 0.3 is 5.97 Å². The fourth-order valence-electron chi connectivity index (χ4n) is 1.78. The lowest BCUT2D eigenvalue weighted by Gasteiger charge is -2.00. The smallest absolute Gasteiger partial charge is 0.304 e. The number of hydrogen-bond donors (Lipinski definition) is 1. The first-order valence-electron chi connectivity index (χ1n) is 7.09. The molecule has 0 aromatic carbocycles. The molecule has 108 valence electrons. The highest BCUT2D eigenvalue weighted by Gasteiger charge is 2.04. The highest BCUT2D eigenvalue weighted by atomic mass is 35.5. The Bertz CT molecular complexity index is 302. The van der Waals surface area contributed by atoms with Crippen molar-refractivity contribution >= 4 is 17.6 Å². The highest BCUT2D eigenvalue weighted by Crippen LogP contribution is 2.09. The molecular formula is C16H25ClO2. The topological polar surface area (TPSA) is 37.3 Å². The molecule has 0 aromatic rings. The van der Waals surface area contributed by atoms with Crippen molar-refractivity contribution in [3.8, 4) is 11.8 Å². The molecular weight excluding hydrogens is 260 g/mol. The molecule has 2 nitrogen and oxygen atoms in total. The van der Waals surface area contributed by atoms with Crippen LogP contribution in [-0.2, 0) is 4.79 Å². The number of carboxylic acid groups (broad SMARTS) is 1. The molecule has 1 N–H and O–H groups in total. The molecule has 0 aliphatic rings. The minimum absolute atomic E-state index is 0.0527. The predicted molar refractivity (Wildman–Crippen MR) is 81.4 cm³/mol. The van der Waals surface area contributed by atoms with Gasteiger partial charge in [0.25, 0.3) is 0 Å². The Morgan fingerprint density at radius 1 is 1.16 bits per heavy atom. The van der Waals surface area contributed by atoms with E-state index in [-0.39, 0.29) is 12.3 Å². The summed E-state index contributed by atoms with van der Waals surface area (Å²) in [5.41, 5.74) is 0. The number of carbonyl (C=O) groups is 1. The second-order valence-electron chi connectivity index (χ2n) is 4.68. The van der Waals surface area contributed by atoms with Crippen molar-refractivity contribution in [2.24, 2.45) is 5.92 Å². The minimum atomic E-state index is -0.823. The molecule has 0 spiro atoms. The van der Waals surface area contributed by atoms with Crippen LogP contribution in [0.25, 0.3) is 0 Å². The molecule has 0 saturated carbocycles. The third-order valence-corrected chi connectivity index (χ3v) is 3.17. The number of carboxylic acids is 1. The van der Waals surface area contributed by atoms with E-state index in [1.165, 1.54) is 32.1 Å². The first kappa shape index (κ1) is 18.1. The Morgan fingerprint density at radius 3 is 2.26 bits per heavy atom. The lowest BCUT2D eigenvalue weighted by molar-refractivity contribution is -0.137. The molecule has 0 aliphatic heterocycles. The molecule has 1 atom stereocenters. The molecule has 1 unspecified atom stereocenters. The fraction of sp³-hybridized carbons (Fsp3) is 0.688. The number of aliphatic carboxylic acids is 1. The summed E-state index contributed by atoms with van der Waals surface area (Å²) < 4.78 is 0. The van der Waals surface area contributed by atoms with Gasteiger partial charge in [-0.2, -0.15) is 0 Å². The maximum absolute atomic E-state index is 10.5. The van der Waals surface area contributed by atoms with Gasteiger partial charge in [-0.05, 0) is 12.8 Å². The van der Waals surface area contributed by atoms with Crippen molar-refractivity contribution in [3.63, 3.8) is 0 Å². The fourth-order valence-corrected chi connectivity index (χ4v) is 1.97. The van der Waals surface area contributed by atoms with Crippen LogP contribution in [0.5, 0.6) is 0 Å². The van der Waals surface area contributed by atoms with Crippen molar-refractivity contribution in [2.75, 3.05) is 5.88 Å². The van der Waals surface area contributed by atoms with E-state index in [0.717, 1.165) is 25.1 Å². The van der Waals surface area contributed by atoms with E-state index >= 15 is 0 Å². The van der Waals surface area contributed by atoms with E-state index in [1.807, 2.05) is 0 Å². The average molecular weight is 285 g/mol. The molecule has 0 amide bonds. The number of rotatable bonds is 11. The second kappa shape index (κ2) is 13.5. The molecule has 3 heteroatoms. The standard InChI is InChI=1S/C16H25ClO2/c1-2-15(14-16(18)19)12-10-8-6-4-3-5-7-9-11-13-17/h2,15H,1,3-9,11,13-14H2,(H,18,19). The normalized spacial score (nSPS) is 11.4. The van der Waals surface area contributed by atoms with Crippen LogP contribution < -0.4 is 0 Å². The van der Waals surface area contributed by atoms with Crippen molar-refractivity contribution in [1.82, 2.24) is 0 Å². The number of hydrogen-bond acceptors (Lipinski definition) is 1. The molecule has 0 saturated heterocycles. The molecule has 0 radical (unpaired) electrons. The van der Waals surface area contributed by atoms with Crippen LogP contribution in [0, 0.1) is 17.8 Å². The first-order valence-corrected chi connectivity index (χ1v) is 7.63. The van der Waals surface area contributed by atoms with Gasteiger partial charge < -0.3 is 5.11 Å². The van der Waals surface area contributed by atoms with Crippen molar-refractivity contribution < 1.29 is 9.90 Å². The molecule has 0 bridgehead atoms. The molecule has 0 aliphatic carbocycles. The summed E-state index contributed by atoms with van der Waals surface area (Å²) in [7, 11) is 0. The zero-order valence-corrected chi connectivity index (χ0v) is 12.4. The summed E-state index contributed by atoms with van der Waals surface area (Å²) in [4.78, 5) is 10.5. The van der Waals surface area contributed by atoms with E-state index in [9.17, 15) is 4.79 Å². The van der Waals surface area contributed by atoms with Crippen LogP contribution in [0.2, 0.25) is 0 Å². The summed E-state index contributed by atoms with van der Waals surface area (Å²) in [6.07, 6.45) is 11.0. The van der Waals surface area contributed by atoms with Crippen LogP contribution in [0.3, 0.4) is 0 Å². The summed E-state index contributed by atoms with van der Waals surface area (Å²) in [5, 5.41) is 8.65. The number of allylic oxidation sites excluding steroid dienone is 1. The maximum atomic E-state index is 10.5. The number of unbranched alkanes of at least 4 members (excludes halogenated alkanes) is 7. The third kappa shape index (κ3) is 13.3. The van der Waals surface area contributed by atoms with Crippen LogP contribution in [0.15, 0.2) is 12.7 Å². The Hall–Kier alpha value is -0.940. The largest absolute Gasteiger partial charge is 0.481 e. The zero-order chi connectivity index (χ0) is 14.3. The van der Waals surface area contributed by atoms with Gasteiger partial charge in [-0.1, -0.05) is 44.1 Å². The Labute approximate surface area is 122 Å². The van der Waals surface area contributed by atoms with Gasteiger partial charge in [0, 0.05) is 18.2 Å². The molecule has 0 aromatic heterocycles. The molecule has 0 rings (SSSR count). The van der Waals surface area contributed by atoms with Crippen LogP contribution >= 0.6 is 11.6 Å². The highest BCUT2D eigenvalue weighted by molar-refractivity contribution is 6.17. The first-order chi connectivity index (χ1) is 9.20. The maximum Gasteiger partial charge on any atom is 0.304 e. The monoisotopic (exact) mass is 284 g/mol. The second-order valence-corrected chi connectivity index (χ2v) is 5.05. The Morgan fingerprint density at radius 2 is 1.74 bits per heavy atom. The van der Waals surface area contributed by atoms with Gasteiger partial charge in [-0.15, -0.1) is 24.1 Å². The Balaban J connectivity index is 3.47. The van der Waals surface area contributed by atoms with Gasteiger partial charge in [0.2, 0.25) is 0 Å². The summed E-state index contributed by atoms with van der Waals surface area (Å²) in [6, 6.07) is 0. The molecule has 19 heavy (non-hydrogen) atoms. The van der Waals surface area contributed by atoms with Crippen LogP contribution in [-0.4, -0.2) is 17.0 Å². The minimum Gasteiger partial charge on any atom is -0.481 e. The van der Waals surface area contributed by atoms with Crippen LogP contribution in [0.1, 0.15) is 57.8 Å². The van der Waals surface area contributed by atoms with Gasteiger partial charge in [0.1, 0.15) is 0 Å². The van der Waals surface area contributed by atoms with Crippen molar-refractivity contribution in [2.45, 2.75) is 57.8 Å². The van der Waals surface area contributed by atoms with Gasteiger partial charge in [-0.25, -0.2) is 0 Å². The number of alkyl halides is 1. The van der Waals surface area contributed by atoms with Crippen LogP contribution in [0.4, 0.5) is 0 Å². The van der Waals surface area contributed by atoms with E-state index in [1.54, 1.807) is 6.08 Å². The molecule has 0 heterocycles. The lowest BCUT2D eigenvalue weighted by Crippen LogP contribution is -2.02. The van der Waals surface area contributed by atoms with E-state index < -0.39 is 5.97 Å². The average Bonchev–Trinajstić information content (AvgIpc) is 2.39. The summed E-state index contributed by atoms with van der Waals surface area (Å²) in [6.45, 7) is 3.60. The molecule has 0 fully saturated rings. The SMILES string of the molecule is C=CC(C#CCCCCCCCCCCl)CC(=O)O.